The molecule has 0 radical (unpaired) electrons. The molecule has 1 aromatic heterocycles. The summed E-state index contributed by atoms with van der Waals surface area (Å²) >= 11 is 0. The molecule has 1 aromatic rings. The van der Waals surface area contributed by atoms with Gasteiger partial charge in [0.1, 0.15) is 0 Å². The van der Waals surface area contributed by atoms with Gasteiger partial charge in [-0.1, -0.05) is 5.16 Å². The maximum atomic E-state index is 10.9. The first-order valence-corrected chi connectivity index (χ1v) is 4.69. The van der Waals surface area contributed by atoms with E-state index in [1.54, 1.807) is 0 Å². The highest BCUT2D eigenvalue weighted by molar-refractivity contribution is 5.89. The van der Waals surface area contributed by atoms with Crippen LogP contribution >= 0.6 is 0 Å². The van der Waals surface area contributed by atoms with Crippen molar-refractivity contribution in [3.8, 4) is 0 Å². The summed E-state index contributed by atoms with van der Waals surface area (Å²) in [6.45, 7) is 2.88. The molecule has 0 bridgehead atoms. The lowest BCUT2D eigenvalue weighted by Gasteiger charge is -2.17. The molecule has 0 atom stereocenters. The van der Waals surface area contributed by atoms with E-state index in [0.717, 1.165) is 26.1 Å². The Kier molecular flexibility index (Phi) is 2.58. The molecule has 5 heteroatoms. The summed E-state index contributed by atoms with van der Waals surface area (Å²) in [5.41, 5.74) is 0. The minimum atomic E-state index is -0.160. The summed E-state index contributed by atoms with van der Waals surface area (Å²) in [7, 11) is 0. The Labute approximate surface area is 81.4 Å². The number of ether oxygens (including phenoxy) is 1. The Morgan fingerprint density at radius 2 is 2.14 bits per heavy atom. The number of nitrogens with zero attached hydrogens (tertiary/aromatic N) is 2. The lowest BCUT2D eigenvalue weighted by atomic mass is 10.0. The number of Topliss-reactive ketones (excluding diaryl/α,β-unsaturated/α-hetero) is 1. The van der Waals surface area contributed by atoms with E-state index < -0.39 is 0 Å². The fourth-order valence-electron chi connectivity index (χ4n) is 1.49. The van der Waals surface area contributed by atoms with Crippen molar-refractivity contribution in [1.29, 1.82) is 0 Å². The number of carbonyl (C=O) groups is 1. The number of carbonyl (C=O) groups excluding carboxylic acids is 1. The number of rotatable bonds is 2. The highest BCUT2D eigenvalue weighted by Gasteiger charge is 2.22. The molecular weight excluding hydrogens is 184 g/mol. The zero-order valence-corrected chi connectivity index (χ0v) is 8.02. The van der Waals surface area contributed by atoms with E-state index in [1.807, 2.05) is 0 Å². The molecule has 2 heterocycles. The Morgan fingerprint density at radius 1 is 1.43 bits per heavy atom. The van der Waals surface area contributed by atoms with Crippen LogP contribution < -0.4 is 0 Å². The van der Waals surface area contributed by atoms with Crippen LogP contribution in [0.1, 0.15) is 42.2 Å². The van der Waals surface area contributed by atoms with Crippen LogP contribution in [0.5, 0.6) is 0 Å². The Bertz CT molecular complexity index is 329. The largest absolute Gasteiger partial charge is 0.381 e. The summed E-state index contributed by atoms with van der Waals surface area (Å²) in [6.07, 6.45) is 1.78. The molecule has 2 rings (SSSR count). The fraction of sp³-hybridized carbons (Fsp3) is 0.667. The number of ketones is 1. The molecule has 0 N–H and O–H groups in total. The van der Waals surface area contributed by atoms with Crippen LogP contribution in [0, 0.1) is 0 Å². The average molecular weight is 196 g/mol. The van der Waals surface area contributed by atoms with Crippen LogP contribution in [0.4, 0.5) is 0 Å². The highest BCUT2D eigenvalue weighted by atomic mass is 16.5. The molecule has 0 saturated carbocycles. The van der Waals surface area contributed by atoms with E-state index in [9.17, 15) is 4.79 Å². The summed E-state index contributed by atoms with van der Waals surface area (Å²) in [5.74, 6) is 0.835. The molecule has 1 fully saturated rings. The molecular formula is C9H12N2O3. The molecule has 0 unspecified atom stereocenters. The second-order valence-electron chi connectivity index (χ2n) is 3.40. The van der Waals surface area contributed by atoms with Gasteiger partial charge in [-0.15, -0.1) is 0 Å². The normalized spacial score (nSPS) is 18.4. The third-order valence-corrected chi connectivity index (χ3v) is 2.33. The Hall–Kier alpha value is -1.23. The van der Waals surface area contributed by atoms with Crippen molar-refractivity contribution in [2.75, 3.05) is 13.2 Å². The second kappa shape index (κ2) is 3.88. The van der Waals surface area contributed by atoms with Gasteiger partial charge in [0.15, 0.2) is 0 Å². The van der Waals surface area contributed by atoms with E-state index in [0.29, 0.717) is 5.89 Å². The zero-order chi connectivity index (χ0) is 9.97. The van der Waals surface area contributed by atoms with Crippen molar-refractivity contribution in [3.63, 3.8) is 0 Å². The molecule has 1 aliphatic rings. The maximum absolute atomic E-state index is 10.9. The van der Waals surface area contributed by atoms with Crippen molar-refractivity contribution >= 4 is 5.78 Å². The van der Waals surface area contributed by atoms with Crippen LogP contribution in [-0.4, -0.2) is 29.1 Å². The third kappa shape index (κ3) is 1.82. The number of aromatic nitrogens is 2. The van der Waals surface area contributed by atoms with Gasteiger partial charge >= 0.3 is 0 Å². The van der Waals surface area contributed by atoms with Crippen LogP contribution in [0.2, 0.25) is 0 Å². The summed E-state index contributed by atoms with van der Waals surface area (Å²) in [5, 5.41) is 3.61. The Morgan fingerprint density at radius 3 is 2.71 bits per heavy atom. The van der Waals surface area contributed by atoms with Crippen molar-refractivity contribution in [3.05, 3.63) is 11.7 Å². The minimum absolute atomic E-state index is 0.160. The van der Waals surface area contributed by atoms with Gasteiger partial charge in [0.05, 0.1) is 0 Å². The van der Waals surface area contributed by atoms with Gasteiger partial charge in [-0.05, 0) is 12.8 Å². The quantitative estimate of drug-likeness (QED) is 0.664. The molecule has 76 valence electrons. The van der Waals surface area contributed by atoms with Gasteiger partial charge in [-0.2, -0.15) is 4.98 Å². The molecule has 1 saturated heterocycles. The van der Waals surface area contributed by atoms with Crippen LogP contribution in [0.15, 0.2) is 4.52 Å². The molecule has 0 spiro atoms. The molecule has 14 heavy (non-hydrogen) atoms. The maximum Gasteiger partial charge on any atom is 0.238 e. The van der Waals surface area contributed by atoms with Gasteiger partial charge in [0.2, 0.25) is 17.5 Å². The van der Waals surface area contributed by atoms with Gasteiger partial charge in [-0.3, -0.25) is 4.79 Å². The average Bonchev–Trinajstić information content (AvgIpc) is 2.68. The number of hydrogen-bond acceptors (Lipinski definition) is 5. The van der Waals surface area contributed by atoms with Crippen LogP contribution in [0.3, 0.4) is 0 Å². The lowest BCUT2D eigenvalue weighted by molar-refractivity contribution is 0.0778. The summed E-state index contributed by atoms with van der Waals surface area (Å²) in [4.78, 5) is 15.0. The summed E-state index contributed by atoms with van der Waals surface area (Å²) < 4.78 is 10.2. The third-order valence-electron chi connectivity index (χ3n) is 2.33. The predicted molar refractivity (Wildman–Crippen MR) is 47.1 cm³/mol. The first-order chi connectivity index (χ1) is 6.77. The molecule has 1 aliphatic heterocycles. The van der Waals surface area contributed by atoms with Crippen LogP contribution in [-0.2, 0) is 4.74 Å². The minimum Gasteiger partial charge on any atom is -0.381 e. The molecule has 0 aliphatic carbocycles. The topological polar surface area (TPSA) is 65.2 Å². The molecule has 0 aromatic carbocycles. The predicted octanol–water partition coefficient (Wildman–Crippen LogP) is 1.17. The van der Waals surface area contributed by atoms with E-state index in [-0.39, 0.29) is 17.5 Å². The van der Waals surface area contributed by atoms with Gasteiger partial charge in [0.25, 0.3) is 0 Å². The van der Waals surface area contributed by atoms with E-state index >= 15 is 0 Å². The first-order valence-electron chi connectivity index (χ1n) is 4.69. The van der Waals surface area contributed by atoms with Crippen molar-refractivity contribution in [2.45, 2.75) is 25.7 Å². The highest BCUT2D eigenvalue weighted by Crippen LogP contribution is 2.25. The van der Waals surface area contributed by atoms with Gasteiger partial charge in [0, 0.05) is 26.1 Å². The van der Waals surface area contributed by atoms with E-state index in [2.05, 4.69) is 10.1 Å². The Balaban J connectivity index is 2.11. The van der Waals surface area contributed by atoms with Gasteiger partial charge < -0.3 is 9.26 Å². The lowest BCUT2D eigenvalue weighted by Crippen LogP contribution is -2.14. The first kappa shape index (κ1) is 9.33. The van der Waals surface area contributed by atoms with E-state index in [1.165, 1.54) is 6.92 Å². The van der Waals surface area contributed by atoms with Gasteiger partial charge in [-0.25, -0.2) is 0 Å². The zero-order valence-electron chi connectivity index (χ0n) is 8.02. The smallest absolute Gasteiger partial charge is 0.238 e. The standard InChI is InChI=1S/C9H12N2O3/c1-6(12)8-10-9(14-11-8)7-2-4-13-5-3-7/h7H,2-5H2,1H3. The SMILES string of the molecule is CC(=O)c1noc(C2CCOCC2)n1. The number of hydrogen-bond donors (Lipinski definition) is 0. The molecule has 5 nitrogen and oxygen atoms in total. The van der Waals surface area contributed by atoms with E-state index in [4.69, 9.17) is 9.26 Å². The van der Waals surface area contributed by atoms with Crippen molar-refractivity contribution in [2.24, 2.45) is 0 Å². The fourth-order valence-corrected chi connectivity index (χ4v) is 1.49. The van der Waals surface area contributed by atoms with Crippen molar-refractivity contribution < 1.29 is 14.1 Å². The monoisotopic (exact) mass is 196 g/mol. The second-order valence-corrected chi connectivity index (χ2v) is 3.40. The van der Waals surface area contributed by atoms with Crippen LogP contribution in [0.25, 0.3) is 0 Å². The molecule has 0 amide bonds. The summed E-state index contributed by atoms with van der Waals surface area (Å²) in [6, 6.07) is 0. The van der Waals surface area contributed by atoms with Crippen molar-refractivity contribution in [1.82, 2.24) is 10.1 Å².